The van der Waals surface area contributed by atoms with Crippen molar-refractivity contribution in [3.05, 3.63) is 68.6 Å². The number of rotatable bonds is 4. The van der Waals surface area contributed by atoms with Crippen LogP contribution in [-0.4, -0.2) is 10.5 Å². The van der Waals surface area contributed by atoms with Crippen LogP contribution in [0.25, 0.3) is 0 Å². The van der Waals surface area contributed by atoms with Gasteiger partial charge in [0.1, 0.15) is 5.56 Å². The number of carbonyl (C=O) groups excluding carboxylic acids is 1. The van der Waals surface area contributed by atoms with Gasteiger partial charge in [0.25, 0.3) is 11.5 Å². The molecule has 1 aliphatic carbocycles. The molecule has 0 radical (unpaired) electrons. The van der Waals surface area contributed by atoms with Gasteiger partial charge >= 0.3 is 0 Å². The van der Waals surface area contributed by atoms with Crippen LogP contribution in [0, 0.1) is 20.8 Å². The van der Waals surface area contributed by atoms with Crippen molar-refractivity contribution in [2.24, 2.45) is 0 Å². The van der Waals surface area contributed by atoms with Gasteiger partial charge in [0.2, 0.25) is 0 Å². The minimum Gasteiger partial charge on any atom is -0.348 e. The van der Waals surface area contributed by atoms with Crippen molar-refractivity contribution in [1.29, 1.82) is 0 Å². The zero-order valence-electron chi connectivity index (χ0n) is 13.8. The monoisotopic (exact) mass is 310 g/mol. The fourth-order valence-electron chi connectivity index (χ4n) is 3.06. The molecule has 0 aliphatic heterocycles. The van der Waals surface area contributed by atoms with Crippen LogP contribution >= 0.6 is 0 Å². The Hall–Kier alpha value is -2.36. The number of nitrogens with zero attached hydrogens (tertiary/aromatic N) is 1. The topological polar surface area (TPSA) is 51.1 Å². The van der Waals surface area contributed by atoms with Crippen molar-refractivity contribution >= 4 is 5.91 Å². The fraction of sp³-hybridized carbons (Fsp3) is 0.368. The lowest BCUT2D eigenvalue weighted by Gasteiger charge is -2.14. The third-order valence-electron chi connectivity index (χ3n) is 4.31. The summed E-state index contributed by atoms with van der Waals surface area (Å²) in [5, 5.41) is 2.88. The molecule has 0 spiro atoms. The SMILES string of the molecule is Cc1cccc(CNC(=O)c2c(C)cc(C)n(C3CC3)c2=O)c1. The molecule has 120 valence electrons. The second-order valence-corrected chi connectivity index (χ2v) is 6.42. The van der Waals surface area contributed by atoms with Gasteiger partial charge in [-0.25, -0.2) is 0 Å². The van der Waals surface area contributed by atoms with Crippen LogP contribution < -0.4 is 10.9 Å². The van der Waals surface area contributed by atoms with Crippen LogP contribution in [0.1, 0.15) is 51.6 Å². The number of hydrogen-bond donors (Lipinski definition) is 1. The quantitative estimate of drug-likeness (QED) is 0.943. The maximum absolute atomic E-state index is 12.7. The molecule has 0 unspecified atom stereocenters. The number of nitrogens with one attached hydrogen (secondary N) is 1. The maximum atomic E-state index is 12.7. The molecule has 1 saturated carbocycles. The first-order valence-electron chi connectivity index (χ1n) is 8.04. The van der Waals surface area contributed by atoms with Crippen LogP contribution in [0.3, 0.4) is 0 Å². The smallest absolute Gasteiger partial charge is 0.264 e. The van der Waals surface area contributed by atoms with E-state index in [2.05, 4.69) is 5.32 Å². The van der Waals surface area contributed by atoms with Gasteiger partial charge in [0, 0.05) is 18.3 Å². The van der Waals surface area contributed by atoms with E-state index in [0.717, 1.165) is 35.2 Å². The Bertz CT molecular complexity index is 817. The average molecular weight is 310 g/mol. The number of carbonyl (C=O) groups is 1. The van der Waals surface area contributed by atoms with Crippen molar-refractivity contribution in [2.75, 3.05) is 0 Å². The first-order chi connectivity index (χ1) is 11.0. The molecule has 1 amide bonds. The van der Waals surface area contributed by atoms with E-state index in [1.165, 1.54) is 0 Å². The molecule has 0 saturated heterocycles. The van der Waals surface area contributed by atoms with E-state index in [-0.39, 0.29) is 23.1 Å². The second kappa shape index (κ2) is 6.03. The molecule has 0 bridgehead atoms. The van der Waals surface area contributed by atoms with E-state index in [9.17, 15) is 9.59 Å². The van der Waals surface area contributed by atoms with E-state index in [1.54, 1.807) is 4.57 Å². The fourth-order valence-corrected chi connectivity index (χ4v) is 3.06. The Kier molecular flexibility index (Phi) is 4.07. The molecule has 23 heavy (non-hydrogen) atoms. The molecule has 1 N–H and O–H groups in total. The number of benzene rings is 1. The van der Waals surface area contributed by atoms with Gasteiger partial charge < -0.3 is 9.88 Å². The second-order valence-electron chi connectivity index (χ2n) is 6.42. The highest BCUT2D eigenvalue weighted by Gasteiger charge is 2.28. The standard InChI is InChI=1S/C19H22N2O2/c1-12-5-4-6-15(9-12)11-20-18(22)17-13(2)10-14(3)21(19(17)23)16-7-8-16/h4-6,9-10,16H,7-8,11H2,1-3H3,(H,20,22). The third kappa shape index (κ3) is 3.21. The van der Waals surface area contributed by atoms with E-state index >= 15 is 0 Å². The Morgan fingerprint density at radius 1 is 1.22 bits per heavy atom. The van der Waals surface area contributed by atoms with Crippen LogP contribution in [0.4, 0.5) is 0 Å². The Morgan fingerprint density at radius 3 is 2.61 bits per heavy atom. The summed E-state index contributed by atoms with van der Waals surface area (Å²) in [4.78, 5) is 25.2. The molecular weight excluding hydrogens is 288 g/mol. The maximum Gasteiger partial charge on any atom is 0.264 e. The number of hydrogen-bond acceptors (Lipinski definition) is 2. The van der Waals surface area contributed by atoms with Crippen molar-refractivity contribution in [2.45, 2.75) is 46.2 Å². The van der Waals surface area contributed by atoms with Gasteiger partial charge in [-0.1, -0.05) is 29.8 Å². The first kappa shape index (κ1) is 15.5. The number of aryl methyl sites for hydroxylation is 3. The van der Waals surface area contributed by atoms with Gasteiger partial charge in [0.15, 0.2) is 0 Å². The Labute approximate surface area is 136 Å². The predicted octanol–water partition coefficient (Wildman–Crippen LogP) is 3.04. The summed E-state index contributed by atoms with van der Waals surface area (Å²) in [5.41, 5.74) is 3.98. The summed E-state index contributed by atoms with van der Waals surface area (Å²) in [6.07, 6.45) is 2.04. The summed E-state index contributed by atoms with van der Waals surface area (Å²) in [6.45, 7) is 6.20. The Morgan fingerprint density at radius 2 is 1.96 bits per heavy atom. The lowest BCUT2D eigenvalue weighted by Crippen LogP contribution is -2.34. The molecule has 4 nitrogen and oxygen atoms in total. The minimum absolute atomic E-state index is 0.160. The molecule has 1 aromatic heterocycles. The summed E-state index contributed by atoms with van der Waals surface area (Å²) in [7, 11) is 0. The Balaban J connectivity index is 1.85. The van der Waals surface area contributed by atoms with Crippen molar-refractivity contribution in [3.63, 3.8) is 0 Å². The first-order valence-corrected chi connectivity index (χ1v) is 8.04. The normalized spacial score (nSPS) is 13.9. The summed E-state index contributed by atoms with van der Waals surface area (Å²) < 4.78 is 1.77. The molecule has 4 heteroatoms. The molecule has 1 aliphatic rings. The molecule has 3 rings (SSSR count). The van der Waals surface area contributed by atoms with E-state index < -0.39 is 0 Å². The molecule has 2 aromatic rings. The highest BCUT2D eigenvalue weighted by molar-refractivity contribution is 5.95. The van der Waals surface area contributed by atoms with Crippen LogP contribution in [-0.2, 0) is 6.54 Å². The molecule has 1 heterocycles. The van der Waals surface area contributed by atoms with Crippen LogP contribution in [0.15, 0.2) is 35.1 Å². The molecule has 1 aromatic carbocycles. The highest BCUT2D eigenvalue weighted by Crippen LogP contribution is 2.34. The zero-order chi connectivity index (χ0) is 16.6. The predicted molar refractivity (Wildman–Crippen MR) is 90.8 cm³/mol. The summed E-state index contributed by atoms with van der Waals surface area (Å²) in [5.74, 6) is -0.289. The van der Waals surface area contributed by atoms with Gasteiger partial charge in [-0.2, -0.15) is 0 Å². The van der Waals surface area contributed by atoms with Gasteiger partial charge in [-0.3, -0.25) is 9.59 Å². The number of amides is 1. The lowest BCUT2D eigenvalue weighted by molar-refractivity contribution is 0.0948. The molecular formula is C19H22N2O2. The minimum atomic E-state index is -0.289. The van der Waals surface area contributed by atoms with E-state index in [0.29, 0.717) is 6.54 Å². The number of pyridine rings is 1. The molecule has 0 atom stereocenters. The summed E-state index contributed by atoms with van der Waals surface area (Å²) >= 11 is 0. The third-order valence-corrected chi connectivity index (χ3v) is 4.31. The van der Waals surface area contributed by atoms with E-state index in [4.69, 9.17) is 0 Å². The molecule has 1 fully saturated rings. The largest absolute Gasteiger partial charge is 0.348 e. The summed E-state index contributed by atoms with van der Waals surface area (Å²) in [6, 6.07) is 10.2. The van der Waals surface area contributed by atoms with Crippen LogP contribution in [0.5, 0.6) is 0 Å². The number of aromatic nitrogens is 1. The average Bonchev–Trinajstić information content (AvgIpc) is 3.29. The van der Waals surface area contributed by atoms with Gasteiger partial charge in [0.05, 0.1) is 0 Å². The van der Waals surface area contributed by atoms with Crippen LogP contribution in [0.2, 0.25) is 0 Å². The van der Waals surface area contributed by atoms with Crippen molar-refractivity contribution in [3.8, 4) is 0 Å². The van der Waals surface area contributed by atoms with Crippen molar-refractivity contribution in [1.82, 2.24) is 9.88 Å². The van der Waals surface area contributed by atoms with Crippen molar-refractivity contribution < 1.29 is 4.79 Å². The van der Waals surface area contributed by atoms with E-state index in [1.807, 2.05) is 51.1 Å². The zero-order valence-corrected chi connectivity index (χ0v) is 13.8. The van der Waals surface area contributed by atoms with Gasteiger partial charge in [-0.15, -0.1) is 0 Å². The highest BCUT2D eigenvalue weighted by atomic mass is 16.2. The van der Waals surface area contributed by atoms with Gasteiger partial charge in [-0.05, 0) is 50.8 Å². The lowest BCUT2D eigenvalue weighted by atomic mass is 10.1.